The largest absolute Gasteiger partial charge is 0.467 e. The molecule has 1 atom stereocenters. The first-order chi connectivity index (χ1) is 14.1. The molecule has 29 heavy (non-hydrogen) atoms. The molecule has 1 amide bonds. The van der Waals surface area contributed by atoms with Crippen LogP contribution in [0.2, 0.25) is 0 Å². The second-order valence-electron chi connectivity index (χ2n) is 8.14. The van der Waals surface area contributed by atoms with E-state index in [0.717, 1.165) is 43.0 Å². The van der Waals surface area contributed by atoms with Gasteiger partial charge in [-0.3, -0.25) is 4.79 Å². The smallest absolute Gasteiger partial charge is 0.318 e. The summed E-state index contributed by atoms with van der Waals surface area (Å²) in [6.45, 7) is 4.93. The van der Waals surface area contributed by atoms with Crippen LogP contribution in [0.5, 0.6) is 6.01 Å². The Morgan fingerprint density at radius 1 is 1.21 bits per heavy atom. The van der Waals surface area contributed by atoms with E-state index in [1.165, 1.54) is 10.9 Å². The van der Waals surface area contributed by atoms with Crippen molar-refractivity contribution in [1.82, 2.24) is 19.9 Å². The van der Waals surface area contributed by atoms with Gasteiger partial charge in [-0.05, 0) is 31.4 Å². The van der Waals surface area contributed by atoms with Gasteiger partial charge in [-0.2, -0.15) is 4.98 Å². The fourth-order valence-electron chi connectivity index (χ4n) is 4.74. The Labute approximate surface area is 169 Å². The molecule has 4 heterocycles. The number of carbonyl (C=O) groups is 1. The molecule has 5 rings (SSSR count). The average molecular weight is 391 g/mol. The van der Waals surface area contributed by atoms with Gasteiger partial charge in [0.15, 0.2) is 0 Å². The number of ether oxygens (including phenoxy) is 1. The minimum absolute atomic E-state index is 0.267. The van der Waals surface area contributed by atoms with Crippen molar-refractivity contribution < 1.29 is 9.53 Å². The SMILES string of the molecule is COc1nc(C)cc(N2CCC3(CCN(Cc4c[nH]c5ccccc45)C3=O)C2)n1. The number of para-hydroxylation sites is 1. The van der Waals surface area contributed by atoms with E-state index in [9.17, 15) is 4.79 Å². The lowest BCUT2D eigenvalue weighted by atomic mass is 9.85. The van der Waals surface area contributed by atoms with Crippen LogP contribution in [0.3, 0.4) is 0 Å². The lowest BCUT2D eigenvalue weighted by Gasteiger charge is -2.24. The van der Waals surface area contributed by atoms with Crippen LogP contribution in [0.15, 0.2) is 36.5 Å². The summed E-state index contributed by atoms with van der Waals surface area (Å²) in [7, 11) is 1.58. The first-order valence-corrected chi connectivity index (χ1v) is 10.1. The Bertz CT molecular complexity index is 1080. The van der Waals surface area contributed by atoms with Gasteiger partial charge in [0, 0.05) is 55.0 Å². The predicted molar refractivity (Wildman–Crippen MR) is 111 cm³/mol. The van der Waals surface area contributed by atoms with Crippen molar-refractivity contribution in [3.63, 3.8) is 0 Å². The highest BCUT2D eigenvalue weighted by atomic mass is 16.5. The van der Waals surface area contributed by atoms with Crippen molar-refractivity contribution in [2.75, 3.05) is 31.6 Å². The van der Waals surface area contributed by atoms with Gasteiger partial charge in [-0.15, -0.1) is 0 Å². The molecule has 0 saturated carbocycles. The number of amides is 1. The number of hydrogen-bond donors (Lipinski definition) is 1. The lowest BCUT2D eigenvalue weighted by molar-refractivity contribution is -0.135. The Balaban J connectivity index is 1.34. The zero-order valence-corrected chi connectivity index (χ0v) is 16.8. The molecule has 0 radical (unpaired) electrons. The lowest BCUT2D eigenvalue weighted by Crippen LogP contribution is -2.36. The molecule has 0 bridgehead atoms. The number of aryl methyl sites for hydroxylation is 1. The number of nitrogens with one attached hydrogen (secondary N) is 1. The zero-order valence-electron chi connectivity index (χ0n) is 16.8. The van der Waals surface area contributed by atoms with Crippen molar-refractivity contribution in [1.29, 1.82) is 0 Å². The molecule has 1 spiro atoms. The standard InChI is InChI=1S/C22H25N5O2/c1-15-11-19(25-21(24-15)29-2)27-10-8-22(14-27)7-9-26(20(22)28)13-16-12-23-18-6-4-3-5-17(16)18/h3-6,11-12,23H,7-10,13-14H2,1-2H3. The Morgan fingerprint density at radius 2 is 2.03 bits per heavy atom. The topological polar surface area (TPSA) is 74.3 Å². The highest BCUT2D eigenvalue weighted by Gasteiger charge is 2.51. The van der Waals surface area contributed by atoms with Gasteiger partial charge in [0.05, 0.1) is 12.5 Å². The van der Waals surface area contributed by atoms with Crippen LogP contribution < -0.4 is 9.64 Å². The van der Waals surface area contributed by atoms with Crippen molar-refractivity contribution in [3.8, 4) is 6.01 Å². The third-order valence-corrected chi connectivity index (χ3v) is 6.32. The molecule has 150 valence electrons. The van der Waals surface area contributed by atoms with Crippen LogP contribution >= 0.6 is 0 Å². The molecule has 0 aliphatic carbocycles. The first kappa shape index (κ1) is 18.0. The van der Waals surface area contributed by atoms with E-state index in [2.05, 4.69) is 32.0 Å². The fourth-order valence-corrected chi connectivity index (χ4v) is 4.74. The number of rotatable bonds is 4. The Hall–Kier alpha value is -3.09. The molecule has 2 aromatic heterocycles. The third kappa shape index (κ3) is 3.01. The van der Waals surface area contributed by atoms with Crippen LogP contribution in [-0.4, -0.2) is 52.5 Å². The molecule has 1 N–H and O–H groups in total. The van der Waals surface area contributed by atoms with E-state index in [1.807, 2.05) is 36.2 Å². The molecular weight excluding hydrogens is 366 g/mol. The molecule has 7 heteroatoms. The number of likely N-dealkylation sites (tertiary alicyclic amines) is 1. The van der Waals surface area contributed by atoms with Gasteiger partial charge >= 0.3 is 6.01 Å². The molecule has 2 aliphatic rings. The molecule has 3 aromatic rings. The number of nitrogens with zero attached hydrogens (tertiary/aromatic N) is 4. The second kappa shape index (κ2) is 6.76. The van der Waals surface area contributed by atoms with Gasteiger partial charge in [-0.1, -0.05) is 18.2 Å². The summed E-state index contributed by atoms with van der Waals surface area (Å²) in [5, 5.41) is 1.19. The number of carbonyl (C=O) groups excluding carboxylic acids is 1. The van der Waals surface area contributed by atoms with E-state index in [-0.39, 0.29) is 11.3 Å². The molecule has 2 aliphatic heterocycles. The molecule has 2 fully saturated rings. The van der Waals surface area contributed by atoms with Crippen molar-refractivity contribution in [2.24, 2.45) is 5.41 Å². The molecule has 1 aromatic carbocycles. The average Bonchev–Trinajstić information content (AvgIpc) is 3.43. The summed E-state index contributed by atoms with van der Waals surface area (Å²) in [5.41, 5.74) is 2.85. The maximum Gasteiger partial charge on any atom is 0.318 e. The summed E-state index contributed by atoms with van der Waals surface area (Å²) in [6.07, 6.45) is 3.79. The second-order valence-corrected chi connectivity index (χ2v) is 8.14. The summed E-state index contributed by atoms with van der Waals surface area (Å²) in [5.74, 6) is 1.11. The summed E-state index contributed by atoms with van der Waals surface area (Å²) >= 11 is 0. The molecule has 2 saturated heterocycles. The summed E-state index contributed by atoms with van der Waals surface area (Å²) < 4.78 is 5.22. The van der Waals surface area contributed by atoms with Crippen LogP contribution in [0.1, 0.15) is 24.1 Å². The molecule has 1 unspecified atom stereocenters. The van der Waals surface area contributed by atoms with E-state index in [0.29, 0.717) is 19.1 Å². The Morgan fingerprint density at radius 3 is 2.90 bits per heavy atom. The van der Waals surface area contributed by atoms with E-state index in [1.54, 1.807) is 7.11 Å². The summed E-state index contributed by atoms with van der Waals surface area (Å²) in [4.78, 5) is 29.7. The van der Waals surface area contributed by atoms with Gasteiger partial charge in [-0.25, -0.2) is 4.98 Å². The molecular formula is C22H25N5O2. The number of aromatic nitrogens is 3. The normalized spacial score (nSPS) is 21.7. The van der Waals surface area contributed by atoms with Crippen LogP contribution in [0.25, 0.3) is 10.9 Å². The maximum atomic E-state index is 13.4. The van der Waals surface area contributed by atoms with Crippen LogP contribution in [0.4, 0.5) is 5.82 Å². The highest BCUT2D eigenvalue weighted by Crippen LogP contribution is 2.42. The number of anilines is 1. The van der Waals surface area contributed by atoms with E-state index >= 15 is 0 Å². The Kier molecular flexibility index (Phi) is 4.19. The van der Waals surface area contributed by atoms with Gasteiger partial charge in [0.1, 0.15) is 5.82 Å². The molecule has 7 nitrogen and oxygen atoms in total. The third-order valence-electron chi connectivity index (χ3n) is 6.32. The fraction of sp³-hybridized carbons (Fsp3) is 0.409. The monoisotopic (exact) mass is 391 g/mol. The number of H-pyrrole nitrogens is 1. The number of fused-ring (bicyclic) bond motifs is 1. The van der Waals surface area contributed by atoms with Gasteiger partial charge in [0.2, 0.25) is 5.91 Å². The highest BCUT2D eigenvalue weighted by molar-refractivity contribution is 5.88. The number of methoxy groups -OCH3 is 1. The minimum Gasteiger partial charge on any atom is -0.467 e. The van der Waals surface area contributed by atoms with Crippen molar-refractivity contribution in [2.45, 2.75) is 26.3 Å². The van der Waals surface area contributed by atoms with Crippen LogP contribution in [0, 0.1) is 12.3 Å². The van der Waals surface area contributed by atoms with E-state index < -0.39 is 0 Å². The van der Waals surface area contributed by atoms with Crippen molar-refractivity contribution in [3.05, 3.63) is 47.8 Å². The minimum atomic E-state index is -0.307. The first-order valence-electron chi connectivity index (χ1n) is 10.1. The van der Waals surface area contributed by atoms with Gasteiger partial charge in [0.25, 0.3) is 0 Å². The predicted octanol–water partition coefficient (Wildman–Crippen LogP) is 2.90. The summed E-state index contributed by atoms with van der Waals surface area (Å²) in [6, 6.07) is 10.6. The quantitative estimate of drug-likeness (QED) is 0.740. The number of aromatic amines is 1. The van der Waals surface area contributed by atoms with Gasteiger partial charge < -0.3 is 19.5 Å². The van der Waals surface area contributed by atoms with Crippen molar-refractivity contribution >= 4 is 22.6 Å². The zero-order chi connectivity index (χ0) is 20.0. The maximum absolute atomic E-state index is 13.4. The number of benzene rings is 1. The van der Waals surface area contributed by atoms with Crippen LogP contribution in [-0.2, 0) is 11.3 Å². The number of hydrogen-bond acceptors (Lipinski definition) is 5. The van der Waals surface area contributed by atoms with E-state index in [4.69, 9.17) is 4.74 Å².